The average Bonchev–Trinajstić information content (AvgIpc) is 2.73. The molecule has 0 aromatic heterocycles. The van der Waals surface area contributed by atoms with Crippen molar-refractivity contribution in [2.45, 2.75) is 13.8 Å². The minimum atomic E-state index is -0.264. The Balaban J connectivity index is 1.80. The number of hydrogen-bond acceptors (Lipinski definition) is 4. The number of methoxy groups -OCH3 is 1. The number of anilines is 2. The monoisotopic (exact) mass is 415 g/mol. The minimum Gasteiger partial charge on any atom is -0.496 e. The molecule has 6 nitrogen and oxygen atoms in total. The van der Waals surface area contributed by atoms with Gasteiger partial charge in [-0.15, -0.1) is 0 Å². The third-order valence-corrected chi connectivity index (χ3v) is 5.29. The molecule has 0 radical (unpaired) electrons. The molecular formula is C22H26ClN3O3. The van der Waals surface area contributed by atoms with Crippen molar-refractivity contribution in [1.29, 1.82) is 0 Å². The fraction of sp³-hybridized carbons (Fsp3) is 0.364. The van der Waals surface area contributed by atoms with Gasteiger partial charge < -0.3 is 19.9 Å². The maximum atomic E-state index is 12.9. The van der Waals surface area contributed by atoms with Crippen molar-refractivity contribution >= 4 is 34.8 Å². The molecule has 2 amide bonds. The molecular weight excluding hydrogens is 390 g/mol. The van der Waals surface area contributed by atoms with Crippen LogP contribution in [0.1, 0.15) is 24.2 Å². The summed E-state index contributed by atoms with van der Waals surface area (Å²) < 4.78 is 5.29. The summed E-state index contributed by atoms with van der Waals surface area (Å²) in [6.07, 6.45) is 0. The van der Waals surface area contributed by atoms with Gasteiger partial charge in [0, 0.05) is 32.1 Å². The van der Waals surface area contributed by atoms with Crippen LogP contribution in [0.15, 0.2) is 42.5 Å². The quantitative estimate of drug-likeness (QED) is 0.804. The van der Waals surface area contributed by atoms with Gasteiger partial charge >= 0.3 is 0 Å². The minimum absolute atomic E-state index is 0.0161. The number of benzene rings is 2. The molecule has 0 atom stereocenters. The van der Waals surface area contributed by atoms with Gasteiger partial charge in [0.2, 0.25) is 5.91 Å². The second kappa shape index (κ2) is 9.18. The summed E-state index contributed by atoms with van der Waals surface area (Å²) in [5.41, 5.74) is 1.86. The Bertz CT molecular complexity index is 893. The highest BCUT2D eigenvalue weighted by molar-refractivity contribution is 6.34. The molecule has 1 saturated heterocycles. The van der Waals surface area contributed by atoms with Crippen LogP contribution in [0.4, 0.5) is 11.4 Å². The fourth-order valence-corrected chi connectivity index (χ4v) is 3.77. The Morgan fingerprint density at radius 3 is 2.38 bits per heavy atom. The molecule has 1 aliphatic rings. The number of halogens is 1. The van der Waals surface area contributed by atoms with Gasteiger partial charge in [0.15, 0.2) is 0 Å². The van der Waals surface area contributed by atoms with E-state index < -0.39 is 0 Å². The zero-order valence-corrected chi connectivity index (χ0v) is 17.7. The van der Waals surface area contributed by atoms with E-state index in [9.17, 15) is 9.59 Å². The molecule has 2 aromatic carbocycles. The van der Waals surface area contributed by atoms with E-state index in [2.05, 4.69) is 10.2 Å². The van der Waals surface area contributed by atoms with E-state index in [4.69, 9.17) is 16.3 Å². The van der Waals surface area contributed by atoms with Crippen molar-refractivity contribution in [2.75, 3.05) is 43.5 Å². The zero-order valence-electron chi connectivity index (χ0n) is 16.9. The van der Waals surface area contributed by atoms with E-state index in [0.29, 0.717) is 48.2 Å². The Hall–Kier alpha value is -2.73. The van der Waals surface area contributed by atoms with E-state index >= 15 is 0 Å². The third kappa shape index (κ3) is 4.65. The molecule has 0 saturated carbocycles. The van der Waals surface area contributed by atoms with Gasteiger partial charge in [0.05, 0.1) is 29.1 Å². The predicted octanol–water partition coefficient (Wildman–Crippen LogP) is 3.91. The van der Waals surface area contributed by atoms with Crippen molar-refractivity contribution in [2.24, 2.45) is 5.92 Å². The van der Waals surface area contributed by atoms with Crippen LogP contribution in [0.5, 0.6) is 5.75 Å². The van der Waals surface area contributed by atoms with Crippen molar-refractivity contribution in [3.05, 3.63) is 53.1 Å². The maximum Gasteiger partial charge on any atom is 0.259 e. The van der Waals surface area contributed by atoms with Gasteiger partial charge in [0.25, 0.3) is 5.91 Å². The van der Waals surface area contributed by atoms with Gasteiger partial charge in [-0.3, -0.25) is 9.59 Å². The number of piperazine rings is 1. The lowest BCUT2D eigenvalue weighted by Crippen LogP contribution is -2.50. The van der Waals surface area contributed by atoms with Crippen molar-refractivity contribution in [3.8, 4) is 5.75 Å². The van der Waals surface area contributed by atoms with Crippen LogP contribution in [-0.2, 0) is 4.79 Å². The second-order valence-electron chi connectivity index (χ2n) is 7.26. The van der Waals surface area contributed by atoms with E-state index in [0.717, 1.165) is 5.69 Å². The molecule has 0 aliphatic carbocycles. The van der Waals surface area contributed by atoms with E-state index in [1.165, 1.54) is 7.11 Å². The number of carbonyl (C=O) groups is 2. The van der Waals surface area contributed by atoms with Crippen LogP contribution in [-0.4, -0.2) is 50.0 Å². The van der Waals surface area contributed by atoms with Crippen LogP contribution in [0, 0.1) is 5.92 Å². The average molecular weight is 416 g/mol. The van der Waals surface area contributed by atoms with Gasteiger partial charge in [-0.1, -0.05) is 43.6 Å². The molecule has 1 heterocycles. The van der Waals surface area contributed by atoms with Crippen LogP contribution >= 0.6 is 11.6 Å². The Kier molecular flexibility index (Phi) is 6.64. The SMILES string of the molecule is COc1ccccc1C(=O)Nc1cccc(Cl)c1N1CCN(C(=O)C(C)C)CC1. The van der Waals surface area contributed by atoms with Crippen LogP contribution in [0.2, 0.25) is 5.02 Å². The highest BCUT2D eigenvalue weighted by Gasteiger charge is 2.26. The number of rotatable bonds is 5. The molecule has 1 N–H and O–H groups in total. The summed E-state index contributed by atoms with van der Waals surface area (Å²) >= 11 is 6.50. The maximum absolute atomic E-state index is 12.9. The van der Waals surface area contributed by atoms with E-state index in [1.54, 1.807) is 24.3 Å². The van der Waals surface area contributed by atoms with Gasteiger partial charge in [-0.25, -0.2) is 0 Å². The predicted molar refractivity (Wildman–Crippen MR) is 116 cm³/mol. The first kappa shape index (κ1) is 21.0. The number of hydrogen-bond donors (Lipinski definition) is 1. The summed E-state index contributed by atoms with van der Waals surface area (Å²) in [4.78, 5) is 29.1. The first-order valence-corrected chi connectivity index (χ1v) is 10.1. The molecule has 154 valence electrons. The van der Waals surface area contributed by atoms with Crippen LogP contribution in [0.25, 0.3) is 0 Å². The molecule has 7 heteroatoms. The molecule has 0 unspecified atom stereocenters. The molecule has 0 spiro atoms. The normalized spacial score (nSPS) is 14.1. The third-order valence-electron chi connectivity index (χ3n) is 4.99. The van der Waals surface area contributed by atoms with Crippen molar-refractivity contribution in [1.82, 2.24) is 4.90 Å². The van der Waals surface area contributed by atoms with Crippen molar-refractivity contribution < 1.29 is 14.3 Å². The molecule has 29 heavy (non-hydrogen) atoms. The number of nitrogens with one attached hydrogen (secondary N) is 1. The van der Waals surface area contributed by atoms with E-state index in [-0.39, 0.29) is 17.7 Å². The standard InChI is InChI=1S/C22H26ClN3O3/c1-15(2)22(28)26-13-11-25(12-14-26)20-17(23)8-6-9-18(20)24-21(27)16-7-4-5-10-19(16)29-3/h4-10,15H,11-14H2,1-3H3,(H,24,27). The molecule has 2 aromatic rings. The molecule has 3 rings (SSSR count). The van der Waals surface area contributed by atoms with E-state index in [1.807, 2.05) is 36.9 Å². The smallest absolute Gasteiger partial charge is 0.259 e. The number of carbonyl (C=O) groups excluding carboxylic acids is 2. The van der Waals surface area contributed by atoms with Crippen molar-refractivity contribution in [3.63, 3.8) is 0 Å². The Morgan fingerprint density at radius 2 is 1.72 bits per heavy atom. The molecule has 0 bridgehead atoms. The Labute approximate surface area is 176 Å². The molecule has 1 fully saturated rings. The number of ether oxygens (including phenoxy) is 1. The topological polar surface area (TPSA) is 61.9 Å². The first-order valence-electron chi connectivity index (χ1n) is 9.69. The number of para-hydroxylation sites is 2. The summed E-state index contributed by atoms with van der Waals surface area (Å²) in [5.74, 6) is 0.389. The van der Waals surface area contributed by atoms with Gasteiger partial charge in [0.1, 0.15) is 5.75 Å². The lowest BCUT2D eigenvalue weighted by Gasteiger charge is -2.38. The van der Waals surface area contributed by atoms with Gasteiger partial charge in [-0.2, -0.15) is 0 Å². The summed E-state index contributed by atoms with van der Waals surface area (Å²) in [6.45, 7) is 6.38. The zero-order chi connectivity index (χ0) is 21.0. The Morgan fingerprint density at radius 1 is 1.03 bits per heavy atom. The lowest BCUT2D eigenvalue weighted by molar-refractivity contribution is -0.134. The fourth-order valence-electron chi connectivity index (χ4n) is 3.48. The summed E-state index contributed by atoms with van der Waals surface area (Å²) in [7, 11) is 1.54. The lowest BCUT2D eigenvalue weighted by atomic mass is 10.1. The largest absolute Gasteiger partial charge is 0.496 e. The summed E-state index contributed by atoms with van der Waals surface area (Å²) in [6, 6.07) is 12.5. The van der Waals surface area contributed by atoms with Crippen LogP contribution in [0.3, 0.4) is 0 Å². The molecule has 1 aliphatic heterocycles. The van der Waals surface area contributed by atoms with Gasteiger partial charge in [-0.05, 0) is 24.3 Å². The highest BCUT2D eigenvalue weighted by Crippen LogP contribution is 2.35. The van der Waals surface area contributed by atoms with Crippen LogP contribution < -0.4 is 15.0 Å². The highest BCUT2D eigenvalue weighted by atomic mass is 35.5. The number of amides is 2. The second-order valence-corrected chi connectivity index (χ2v) is 7.66. The first-order chi connectivity index (χ1) is 13.9. The summed E-state index contributed by atoms with van der Waals surface area (Å²) in [5, 5.41) is 3.53. The number of nitrogens with zero attached hydrogens (tertiary/aromatic N) is 2.